The summed E-state index contributed by atoms with van der Waals surface area (Å²) in [5.74, 6) is -0.784. The van der Waals surface area contributed by atoms with Gasteiger partial charge < -0.3 is 20.0 Å². The molecule has 1 N–H and O–H groups in total. The van der Waals surface area contributed by atoms with E-state index in [1.807, 2.05) is 0 Å². The molecule has 1 atom stereocenters. The van der Waals surface area contributed by atoms with Crippen LogP contribution < -0.4 is 10.2 Å². The van der Waals surface area contributed by atoms with Crippen molar-refractivity contribution in [2.45, 2.75) is 19.9 Å². The lowest BCUT2D eigenvalue weighted by Gasteiger charge is -2.38. The van der Waals surface area contributed by atoms with Crippen LogP contribution in [0.1, 0.15) is 22.7 Å². The summed E-state index contributed by atoms with van der Waals surface area (Å²) in [6, 6.07) is 11.0. The summed E-state index contributed by atoms with van der Waals surface area (Å²) in [6.45, 7) is 6.96. The number of hydrogen-bond acceptors (Lipinski definition) is 4. The maximum atomic E-state index is 13.5. The predicted molar refractivity (Wildman–Crippen MR) is 134 cm³/mol. The number of benzene rings is 2. The van der Waals surface area contributed by atoms with Gasteiger partial charge in [0.05, 0.1) is 23.9 Å². The van der Waals surface area contributed by atoms with Crippen molar-refractivity contribution in [2.75, 3.05) is 51.2 Å². The molecule has 2 aromatic carbocycles. The number of nitrogens with one attached hydrogen (secondary N) is 1. The highest BCUT2D eigenvalue weighted by Gasteiger charge is 2.43. The largest absolute Gasteiger partial charge is 0.368 e. The Hall–Kier alpha value is -3.88. The first-order valence-electron chi connectivity index (χ1n) is 12.2. The van der Waals surface area contributed by atoms with Crippen molar-refractivity contribution in [1.82, 2.24) is 20.0 Å². The van der Waals surface area contributed by atoms with E-state index in [0.29, 0.717) is 29.9 Å². The molecule has 9 heteroatoms. The van der Waals surface area contributed by atoms with Gasteiger partial charge in [0.15, 0.2) is 0 Å². The summed E-state index contributed by atoms with van der Waals surface area (Å²) in [5, 5.41) is 2.83. The number of aryl methyl sites for hydroxylation is 2. The minimum atomic E-state index is -0.683. The number of anilines is 1. The topological polar surface area (TPSA) is 76.2 Å². The molecule has 1 fully saturated rings. The summed E-state index contributed by atoms with van der Waals surface area (Å²) in [7, 11) is 1.61. The average molecular weight is 492 g/mol. The fourth-order valence-electron chi connectivity index (χ4n) is 5.40. The average Bonchev–Trinajstić information content (AvgIpc) is 3.18. The summed E-state index contributed by atoms with van der Waals surface area (Å²) >= 11 is 0. The van der Waals surface area contributed by atoms with Crippen LogP contribution in [0.3, 0.4) is 0 Å². The third kappa shape index (κ3) is 4.19. The maximum absolute atomic E-state index is 13.5. The third-order valence-electron chi connectivity index (χ3n) is 7.35. The van der Waals surface area contributed by atoms with Gasteiger partial charge in [-0.3, -0.25) is 14.5 Å². The van der Waals surface area contributed by atoms with E-state index in [9.17, 15) is 18.8 Å². The second kappa shape index (κ2) is 9.29. The number of likely N-dealkylation sites (N-methyl/N-ethyl adjacent to an activating group) is 1. The summed E-state index contributed by atoms with van der Waals surface area (Å²) in [4.78, 5) is 46.2. The molecule has 0 bridgehead atoms. The Bertz CT molecular complexity index is 1230. The van der Waals surface area contributed by atoms with Crippen LogP contribution in [-0.2, 0) is 9.59 Å². The Balaban J connectivity index is 1.27. The van der Waals surface area contributed by atoms with Crippen LogP contribution in [0.15, 0.2) is 53.7 Å². The molecule has 0 unspecified atom stereocenters. The van der Waals surface area contributed by atoms with Crippen LogP contribution in [-0.4, -0.2) is 78.9 Å². The molecule has 0 radical (unpaired) electrons. The molecule has 3 heterocycles. The van der Waals surface area contributed by atoms with Crippen LogP contribution in [0.4, 0.5) is 14.9 Å². The van der Waals surface area contributed by atoms with E-state index >= 15 is 0 Å². The zero-order chi connectivity index (χ0) is 25.6. The van der Waals surface area contributed by atoms with Crippen molar-refractivity contribution < 1.29 is 18.8 Å². The monoisotopic (exact) mass is 491 g/mol. The molecule has 188 valence electrons. The van der Waals surface area contributed by atoms with E-state index in [1.165, 1.54) is 38.7 Å². The van der Waals surface area contributed by atoms with Gasteiger partial charge in [0.2, 0.25) is 5.91 Å². The Kier molecular flexibility index (Phi) is 6.15. The van der Waals surface area contributed by atoms with Crippen molar-refractivity contribution in [3.63, 3.8) is 0 Å². The van der Waals surface area contributed by atoms with Crippen LogP contribution in [0, 0.1) is 19.7 Å². The highest BCUT2D eigenvalue weighted by molar-refractivity contribution is 6.03. The van der Waals surface area contributed by atoms with Gasteiger partial charge in [0.25, 0.3) is 5.91 Å². The molecule has 5 rings (SSSR count). The van der Waals surface area contributed by atoms with E-state index in [0.717, 1.165) is 13.1 Å². The summed E-state index contributed by atoms with van der Waals surface area (Å²) in [5.41, 5.74) is 5.29. The van der Waals surface area contributed by atoms with Crippen LogP contribution in [0.5, 0.6) is 0 Å². The zero-order valence-electron chi connectivity index (χ0n) is 20.8. The molecular weight excluding hydrogens is 461 g/mol. The minimum absolute atomic E-state index is 0.0482. The molecule has 0 aliphatic carbocycles. The Morgan fingerprint density at radius 2 is 1.64 bits per heavy atom. The molecule has 8 nitrogen and oxygen atoms in total. The zero-order valence-corrected chi connectivity index (χ0v) is 20.8. The quantitative estimate of drug-likeness (QED) is 0.714. The molecule has 3 aliphatic rings. The van der Waals surface area contributed by atoms with Crippen molar-refractivity contribution in [3.05, 3.63) is 76.2 Å². The molecule has 2 aromatic rings. The molecule has 1 saturated heterocycles. The van der Waals surface area contributed by atoms with Crippen molar-refractivity contribution in [1.29, 1.82) is 0 Å². The number of halogens is 1. The van der Waals surface area contributed by atoms with Gasteiger partial charge in [-0.05, 0) is 42.7 Å². The maximum Gasteiger partial charge on any atom is 0.322 e. The van der Waals surface area contributed by atoms with Crippen LogP contribution in [0.2, 0.25) is 0 Å². The number of urea groups is 1. The van der Waals surface area contributed by atoms with Crippen LogP contribution in [0.25, 0.3) is 0 Å². The number of hydrogen-bond donors (Lipinski definition) is 1. The first kappa shape index (κ1) is 23.8. The van der Waals surface area contributed by atoms with Crippen LogP contribution >= 0.6 is 0 Å². The van der Waals surface area contributed by atoms with E-state index in [2.05, 4.69) is 42.3 Å². The SMILES string of the molecule is Cc1cccc(C)c1N1CCN(C(=O)CN2CC3=C(C2=O)[C@H](c2ccc(F)cc2)NC(=O)N3C)CC1. The van der Waals surface area contributed by atoms with E-state index in [1.54, 1.807) is 24.1 Å². The Morgan fingerprint density at radius 3 is 2.28 bits per heavy atom. The van der Waals surface area contributed by atoms with Crippen molar-refractivity contribution >= 4 is 23.5 Å². The predicted octanol–water partition coefficient (Wildman–Crippen LogP) is 2.58. The van der Waals surface area contributed by atoms with Gasteiger partial charge >= 0.3 is 6.03 Å². The Labute approximate surface area is 209 Å². The second-order valence-electron chi connectivity index (χ2n) is 9.62. The lowest BCUT2D eigenvalue weighted by molar-refractivity contribution is -0.137. The fourth-order valence-corrected chi connectivity index (χ4v) is 5.40. The van der Waals surface area contributed by atoms with Gasteiger partial charge in [-0.15, -0.1) is 0 Å². The first-order chi connectivity index (χ1) is 17.2. The van der Waals surface area contributed by atoms with Gasteiger partial charge in [-0.2, -0.15) is 0 Å². The number of carbonyl (C=O) groups is 3. The fraction of sp³-hybridized carbons (Fsp3) is 0.370. The molecule has 0 aromatic heterocycles. The van der Waals surface area contributed by atoms with Gasteiger partial charge in [0.1, 0.15) is 12.4 Å². The standard InChI is InChI=1S/C27H30FN5O3/c1-17-5-4-6-18(2)25(17)32-13-11-31(12-14-32)22(34)16-33-15-21-23(26(33)35)24(29-27(36)30(21)3)19-7-9-20(28)10-8-19/h4-10,24H,11-16H2,1-3H3,(H,29,36)/t24-/m0/s1. The number of rotatable bonds is 4. The van der Waals surface area contributed by atoms with Gasteiger partial charge in [-0.1, -0.05) is 30.3 Å². The minimum Gasteiger partial charge on any atom is -0.368 e. The Morgan fingerprint density at radius 1 is 1.00 bits per heavy atom. The third-order valence-corrected chi connectivity index (χ3v) is 7.35. The molecule has 0 saturated carbocycles. The number of carbonyl (C=O) groups excluding carboxylic acids is 3. The number of amides is 4. The van der Waals surface area contributed by atoms with Gasteiger partial charge in [0, 0.05) is 38.9 Å². The molecule has 0 spiro atoms. The molecule has 3 aliphatic heterocycles. The smallest absolute Gasteiger partial charge is 0.322 e. The first-order valence-corrected chi connectivity index (χ1v) is 12.2. The van der Waals surface area contributed by atoms with E-state index in [-0.39, 0.29) is 30.9 Å². The number of nitrogens with zero attached hydrogens (tertiary/aromatic N) is 4. The summed E-state index contributed by atoms with van der Waals surface area (Å²) < 4.78 is 13.5. The van der Waals surface area contributed by atoms with Gasteiger partial charge in [-0.25, -0.2) is 9.18 Å². The van der Waals surface area contributed by atoms with Crippen molar-refractivity contribution in [2.24, 2.45) is 0 Å². The molecular formula is C27H30FN5O3. The number of piperazine rings is 1. The number of para-hydroxylation sites is 1. The molecule has 4 amide bonds. The lowest BCUT2D eigenvalue weighted by atomic mass is 9.96. The highest BCUT2D eigenvalue weighted by Crippen LogP contribution is 2.35. The summed E-state index contributed by atoms with van der Waals surface area (Å²) in [6.07, 6.45) is 0. The highest BCUT2D eigenvalue weighted by atomic mass is 19.1. The van der Waals surface area contributed by atoms with E-state index in [4.69, 9.17) is 0 Å². The van der Waals surface area contributed by atoms with E-state index < -0.39 is 11.9 Å². The van der Waals surface area contributed by atoms with Crippen molar-refractivity contribution in [3.8, 4) is 0 Å². The second-order valence-corrected chi connectivity index (χ2v) is 9.62. The lowest BCUT2D eigenvalue weighted by Crippen LogP contribution is -2.52. The molecule has 36 heavy (non-hydrogen) atoms. The normalized spacial score (nSPS) is 20.2.